The quantitative estimate of drug-likeness (QED) is 0.752. The van der Waals surface area contributed by atoms with E-state index in [1.165, 1.54) is 0 Å². The molecule has 0 unspecified atom stereocenters. The summed E-state index contributed by atoms with van der Waals surface area (Å²) in [5.41, 5.74) is 3.07. The molecule has 0 aliphatic heterocycles. The summed E-state index contributed by atoms with van der Waals surface area (Å²) in [5.74, 6) is 0.743. The van der Waals surface area contributed by atoms with Crippen LogP contribution in [0.1, 0.15) is 18.9 Å². The Bertz CT molecular complexity index is 805. The first-order valence-corrected chi connectivity index (χ1v) is 9.59. The van der Waals surface area contributed by atoms with E-state index in [2.05, 4.69) is 10.0 Å². The van der Waals surface area contributed by atoms with Gasteiger partial charge in [-0.25, -0.2) is 8.42 Å². The van der Waals surface area contributed by atoms with Gasteiger partial charge in [0.1, 0.15) is 5.75 Å². The van der Waals surface area contributed by atoms with Gasteiger partial charge < -0.3 is 10.1 Å². The van der Waals surface area contributed by atoms with Gasteiger partial charge in [0.2, 0.25) is 10.0 Å². The van der Waals surface area contributed by atoms with Crippen molar-refractivity contribution in [3.8, 4) is 5.75 Å². The van der Waals surface area contributed by atoms with E-state index in [0.717, 1.165) is 16.9 Å². The number of ether oxygens (including phenoxy) is 1. The van der Waals surface area contributed by atoms with Crippen LogP contribution in [0.2, 0.25) is 5.02 Å². The molecule has 0 saturated carbocycles. The van der Waals surface area contributed by atoms with Gasteiger partial charge in [0.05, 0.1) is 18.6 Å². The van der Waals surface area contributed by atoms with Crippen molar-refractivity contribution in [3.05, 3.63) is 47.0 Å². The highest BCUT2D eigenvalue weighted by Gasteiger charge is 2.10. The van der Waals surface area contributed by atoms with Gasteiger partial charge in [-0.2, -0.15) is 0 Å². The standard InChI is InChI=1S/C17H21ClN2O3S/c1-4-9-24(21,22)20-14-7-5-13(6-8-14)19-16-10-12(2)15(18)11-17(16)23-3/h5-8,10-11,19-20H,4,9H2,1-3H3. The number of anilines is 3. The van der Waals surface area contributed by atoms with Crippen molar-refractivity contribution in [3.63, 3.8) is 0 Å². The van der Waals surface area contributed by atoms with Crippen molar-refractivity contribution >= 4 is 38.7 Å². The molecule has 0 atom stereocenters. The largest absolute Gasteiger partial charge is 0.495 e. The number of methoxy groups -OCH3 is 1. The lowest BCUT2D eigenvalue weighted by atomic mass is 10.2. The molecule has 0 heterocycles. The van der Waals surface area contributed by atoms with Crippen LogP contribution in [0.25, 0.3) is 0 Å². The Kier molecular flexibility index (Phi) is 5.96. The lowest BCUT2D eigenvalue weighted by Crippen LogP contribution is -2.15. The van der Waals surface area contributed by atoms with Gasteiger partial charge in [-0.15, -0.1) is 0 Å². The van der Waals surface area contributed by atoms with E-state index in [1.54, 1.807) is 37.4 Å². The molecule has 2 aromatic rings. The summed E-state index contributed by atoms with van der Waals surface area (Å²) in [6, 6.07) is 10.7. The average molecular weight is 369 g/mol. The van der Waals surface area contributed by atoms with Crippen molar-refractivity contribution in [1.29, 1.82) is 0 Å². The van der Waals surface area contributed by atoms with Crippen LogP contribution in [0.4, 0.5) is 17.1 Å². The molecule has 0 amide bonds. The normalized spacial score (nSPS) is 11.2. The zero-order valence-electron chi connectivity index (χ0n) is 13.9. The summed E-state index contributed by atoms with van der Waals surface area (Å²) in [7, 11) is -1.70. The first kappa shape index (κ1) is 18.4. The minimum atomic E-state index is -3.28. The maximum atomic E-state index is 11.8. The summed E-state index contributed by atoms with van der Waals surface area (Å²) in [5, 5.41) is 3.88. The van der Waals surface area contributed by atoms with Gasteiger partial charge in [0, 0.05) is 22.5 Å². The van der Waals surface area contributed by atoms with E-state index in [-0.39, 0.29) is 5.75 Å². The molecule has 0 bridgehead atoms. The highest BCUT2D eigenvalue weighted by Crippen LogP contribution is 2.33. The second-order valence-corrected chi connectivity index (χ2v) is 7.67. The van der Waals surface area contributed by atoms with Gasteiger partial charge in [0.15, 0.2) is 0 Å². The first-order chi connectivity index (χ1) is 11.3. The second-order valence-electron chi connectivity index (χ2n) is 5.42. The molecule has 2 aromatic carbocycles. The molecule has 0 saturated heterocycles. The molecule has 0 fully saturated rings. The van der Waals surface area contributed by atoms with E-state index in [1.807, 2.05) is 19.9 Å². The number of halogens is 1. The zero-order valence-corrected chi connectivity index (χ0v) is 15.5. The van der Waals surface area contributed by atoms with E-state index in [9.17, 15) is 8.42 Å². The highest BCUT2D eigenvalue weighted by atomic mass is 35.5. The summed E-state index contributed by atoms with van der Waals surface area (Å²) in [6.07, 6.45) is 0.574. The molecular weight excluding hydrogens is 348 g/mol. The Morgan fingerprint density at radius 3 is 2.33 bits per heavy atom. The molecule has 24 heavy (non-hydrogen) atoms. The Balaban J connectivity index is 2.16. The average Bonchev–Trinajstić information content (AvgIpc) is 2.52. The Labute approximate surface area is 148 Å². The maximum Gasteiger partial charge on any atom is 0.232 e. The van der Waals surface area contributed by atoms with Crippen LogP contribution in [-0.2, 0) is 10.0 Å². The van der Waals surface area contributed by atoms with Crippen LogP contribution in [-0.4, -0.2) is 21.3 Å². The number of sulfonamides is 1. The first-order valence-electron chi connectivity index (χ1n) is 7.56. The SMILES string of the molecule is CCCS(=O)(=O)Nc1ccc(Nc2cc(C)c(Cl)cc2OC)cc1. The van der Waals surface area contributed by atoms with Crippen LogP contribution in [0.15, 0.2) is 36.4 Å². The zero-order chi connectivity index (χ0) is 17.7. The highest BCUT2D eigenvalue weighted by molar-refractivity contribution is 7.92. The van der Waals surface area contributed by atoms with Gasteiger partial charge in [-0.05, 0) is 49.2 Å². The van der Waals surface area contributed by atoms with Crippen LogP contribution in [0.5, 0.6) is 5.75 Å². The lowest BCUT2D eigenvalue weighted by Gasteiger charge is -2.14. The Morgan fingerprint density at radius 1 is 1.12 bits per heavy atom. The van der Waals surface area contributed by atoms with Crippen LogP contribution in [0, 0.1) is 6.92 Å². The third-order valence-electron chi connectivity index (χ3n) is 3.39. The molecular formula is C17H21ClN2O3S. The molecule has 5 nitrogen and oxygen atoms in total. The molecule has 0 aromatic heterocycles. The van der Waals surface area contributed by atoms with Crippen molar-refractivity contribution in [2.45, 2.75) is 20.3 Å². The molecule has 0 aliphatic carbocycles. The summed E-state index contributed by atoms with van der Waals surface area (Å²) in [6.45, 7) is 3.74. The van der Waals surface area contributed by atoms with Gasteiger partial charge in [-0.3, -0.25) is 4.72 Å². The predicted octanol–water partition coefficient (Wildman–Crippen LogP) is 4.55. The summed E-state index contributed by atoms with van der Waals surface area (Å²) >= 11 is 6.10. The monoisotopic (exact) mass is 368 g/mol. The van der Waals surface area contributed by atoms with Crippen LogP contribution < -0.4 is 14.8 Å². The second kappa shape index (κ2) is 7.77. The summed E-state index contributed by atoms with van der Waals surface area (Å²) < 4.78 is 31.4. The number of aryl methyl sites for hydroxylation is 1. The molecule has 130 valence electrons. The van der Waals surface area contributed by atoms with Crippen molar-refractivity contribution in [1.82, 2.24) is 0 Å². The smallest absolute Gasteiger partial charge is 0.232 e. The van der Waals surface area contributed by atoms with Crippen molar-refractivity contribution in [2.24, 2.45) is 0 Å². The number of hydrogen-bond acceptors (Lipinski definition) is 4. The Morgan fingerprint density at radius 2 is 1.75 bits per heavy atom. The minimum absolute atomic E-state index is 0.105. The number of benzene rings is 2. The van der Waals surface area contributed by atoms with E-state index >= 15 is 0 Å². The van der Waals surface area contributed by atoms with Gasteiger partial charge in [0.25, 0.3) is 0 Å². The number of hydrogen-bond donors (Lipinski definition) is 2. The van der Waals surface area contributed by atoms with E-state index < -0.39 is 10.0 Å². The van der Waals surface area contributed by atoms with E-state index in [4.69, 9.17) is 16.3 Å². The van der Waals surface area contributed by atoms with E-state index in [0.29, 0.717) is 22.9 Å². The fourth-order valence-corrected chi connectivity index (χ4v) is 3.49. The van der Waals surface area contributed by atoms with Gasteiger partial charge >= 0.3 is 0 Å². The molecule has 0 aliphatic rings. The predicted molar refractivity (Wildman–Crippen MR) is 100 cm³/mol. The molecule has 7 heteroatoms. The molecule has 0 radical (unpaired) electrons. The molecule has 2 N–H and O–H groups in total. The maximum absolute atomic E-state index is 11.8. The lowest BCUT2D eigenvalue weighted by molar-refractivity contribution is 0.417. The van der Waals surface area contributed by atoms with Crippen LogP contribution >= 0.6 is 11.6 Å². The topological polar surface area (TPSA) is 67.4 Å². The van der Waals surface area contributed by atoms with Gasteiger partial charge in [-0.1, -0.05) is 18.5 Å². The number of rotatable bonds is 7. The minimum Gasteiger partial charge on any atom is -0.495 e. The van der Waals surface area contributed by atoms with Crippen molar-refractivity contribution in [2.75, 3.05) is 22.9 Å². The van der Waals surface area contributed by atoms with Crippen molar-refractivity contribution < 1.29 is 13.2 Å². The fourth-order valence-electron chi connectivity index (χ4n) is 2.21. The summed E-state index contributed by atoms with van der Waals surface area (Å²) in [4.78, 5) is 0. The molecule has 2 rings (SSSR count). The number of nitrogens with one attached hydrogen (secondary N) is 2. The van der Waals surface area contributed by atoms with Crippen LogP contribution in [0.3, 0.4) is 0 Å². The Hall–Kier alpha value is -1.92. The fraction of sp³-hybridized carbons (Fsp3) is 0.294. The third-order valence-corrected chi connectivity index (χ3v) is 5.29. The molecule has 0 spiro atoms. The third kappa shape index (κ3) is 4.79.